The summed E-state index contributed by atoms with van der Waals surface area (Å²) in [6.45, 7) is 4.46. The summed E-state index contributed by atoms with van der Waals surface area (Å²) in [5, 5.41) is 0.222. The lowest BCUT2D eigenvalue weighted by molar-refractivity contribution is 0.443. The van der Waals surface area contributed by atoms with Gasteiger partial charge < -0.3 is 0 Å². The van der Waals surface area contributed by atoms with Crippen LogP contribution in [0.2, 0.25) is 0 Å². The van der Waals surface area contributed by atoms with Crippen LogP contribution in [0.4, 0.5) is 0 Å². The lowest BCUT2D eigenvalue weighted by Crippen LogP contribution is -2.10. The molecule has 1 aliphatic rings. The molecule has 1 aliphatic carbocycles. The van der Waals surface area contributed by atoms with Crippen molar-refractivity contribution in [3.05, 3.63) is 34.9 Å². The minimum atomic E-state index is 0.222. The molecule has 1 fully saturated rings. The number of benzene rings is 1. The zero-order chi connectivity index (χ0) is 13.7. The Balaban J connectivity index is 2.22. The molecule has 0 heterocycles. The second kappa shape index (κ2) is 7.33. The van der Waals surface area contributed by atoms with Gasteiger partial charge in [0.05, 0.1) is 5.38 Å². The van der Waals surface area contributed by atoms with Gasteiger partial charge in [-0.2, -0.15) is 0 Å². The molecule has 1 saturated carbocycles. The third-order valence-electron chi connectivity index (χ3n) is 4.61. The molecular weight excluding hydrogens is 252 g/mol. The molecule has 2 rings (SSSR count). The minimum Gasteiger partial charge on any atom is -0.118 e. The average molecular weight is 279 g/mol. The van der Waals surface area contributed by atoms with Gasteiger partial charge in [-0.25, -0.2) is 0 Å². The first kappa shape index (κ1) is 14.9. The monoisotopic (exact) mass is 278 g/mol. The Labute approximate surface area is 123 Å². The van der Waals surface area contributed by atoms with Crippen molar-refractivity contribution in [3.63, 3.8) is 0 Å². The molecule has 0 radical (unpaired) electrons. The Bertz CT molecular complexity index is 389. The molecule has 1 heteroatoms. The van der Waals surface area contributed by atoms with E-state index in [9.17, 15) is 0 Å². The Kier molecular flexibility index (Phi) is 5.76. The first-order chi connectivity index (χ1) is 9.26. The summed E-state index contributed by atoms with van der Waals surface area (Å²) in [4.78, 5) is 0. The molecular formula is C18H27Cl. The molecule has 0 amide bonds. The predicted octanol–water partition coefficient (Wildman–Crippen LogP) is 6.06. The zero-order valence-electron chi connectivity index (χ0n) is 12.4. The Morgan fingerprint density at radius 1 is 1.05 bits per heavy atom. The maximum absolute atomic E-state index is 6.87. The normalized spacial score (nSPS) is 19.1. The van der Waals surface area contributed by atoms with Gasteiger partial charge in [-0.05, 0) is 48.3 Å². The van der Waals surface area contributed by atoms with Gasteiger partial charge in [-0.15, -0.1) is 11.6 Å². The third-order valence-corrected chi connectivity index (χ3v) is 5.20. The van der Waals surface area contributed by atoms with Crippen LogP contribution in [0.3, 0.4) is 0 Å². The van der Waals surface area contributed by atoms with Gasteiger partial charge in [0, 0.05) is 0 Å². The number of aryl methyl sites for hydroxylation is 2. The highest BCUT2D eigenvalue weighted by Crippen LogP contribution is 2.39. The SMILES string of the molecule is CCc1ccc(CC)c(C(Cl)C2CCCCCC2)c1. The molecule has 0 aromatic heterocycles. The van der Waals surface area contributed by atoms with Crippen molar-refractivity contribution in [2.45, 2.75) is 70.6 Å². The van der Waals surface area contributed by atoms with Crippen molar-refractivity contribution in [1.29, 1.82) is 0 Å². The van der Waals surface area contributed by atoms with E-state index in [1.165, 1.54) is 55.2 Å². The van der Waals surface area contributed by atoms with Crippen molar-refractivity contribution in [1.82, 2.24) is 0 Å². The van der Waals surface area contributed by atoms with E-state index in [-0.39, 0.29) is 5.38 Å². The van der Waals surface area contributed by atoms with Crippen LogP contribution >= 0.6 is 11.6 Å². The fraction of sp³-hybridized carbons (Fsp3) is 0.667. The van der Waals surface area contributed by atoms with E-state index in [1.54, 1.807) is 0 Å². The standard InChI is InChI=1S/C18H27Cl/c1-3-14-11-12-15(4-2)17(13-14)18(19)16-9-7-5-6-8-10-16/h11-13,16,18H,3-10H2,1-2H3. The van der Waals surface area contributed by atoms with E-state index in [2.05, 4.69) is 32.0 Å². The summed E-state index contributed by atoms with van der Waals surface area (Å²) >= 11 is 6.87. The van der Waals surface area contributed by atoms with Crippen LogP contribution in [0.1, 0.15) is 74.4 Å². The lowest BCUT2D eigenvalue weighted by Gasteiger charge is -2.23. The van der Waals surface area contributed by atoms with E-state index < -0.39 is 0 Å². The largest absolute Gasteiger partial charge is 0.118 e. The van der Waals surface area contributed by atoms with Crippen LogP contribution in [0.5, 0.6) is 0 Å². The van der Waals surface area contributed by atoms with Crippen molar-refractivity contribution >= 4 is 11.6 Å². The van der Waals surface area contributed by atoms with Gasteiger partial charge in [0.15, 0.2) is 0 Å². The Morgan fingerprint density at radius 2 is 1.74 bits per heavy atom. The molecule has 0 bridgehead atoms. The van der Waals surface area contributed by atoms with Crippen LogP contribution in [0, 0.1) is 5.92 Å². The average Bonchev–Trinajstić information content (AvgIpc) is 2.74. The highest BCUT2D eigenvalue weighted by atomic mass is 35.5. The molecule has 19 heavy (non-hydrogen) atoms. The van der Waals surface area contributed by atoms with E-state index in [1.807, 2.05) is 0 Å². The van der Waals surface area contributed by atoms with Gasteiger partial charge >= 0.3 is 0 Å². The fourth-order valence-electron chi connectivity index (χ4n) is 3.30. The maximum Gasteiger partial charge on any atom is 0.0616 e. The van der Waals surface area contributed by atoms with Crippen LogP contribution in [0.15, 0.2) is 18.2 Å². The summed E-state index contributed by atoms with van der Waals surface area (Å²) in [5.74, 6) is 0.682. The zero-order valence-corrected chi connectivity index (χ0v) is 13.2. The third kappa shape index (κ3) is 3.75. The molecule has 1 aromatic carbocycles. The number of rotatable bonds is 4. The Morgan fingerprint density at radius 3 is 2.32 bits per heavy atom. The van der Waals surface area contributed by atoms with Crippen molar-refractivity contribution in [2.75, 3.05) is 0 Å². The Hall–Kier alpha value is -0.490. The van der Waals surface area contributed by atoms with Crippen LogP contribution in [-0.2, 0) is 12.8 Å². The van der Waals surface area contributed by atoms with Gasteiger partial charge in [-0.3, -0.25) is 0 Å². The van der Waals surface area contributed by atoms with Gasteiger partial charge in [-0.1, -0.05) is 57.7 Å². The second-order valence-corrected chi connectivity index (χ2v) is 6.36. The highest BCUT2D eigenvalue weighted by molar-refractivity contribution is 6.21. The highest BCUT2D eigenvalue weighted by Gasteiger charge is 2.24. The minimum absolute atomic E-state index is 0.222. The van der Waals surface area contributed by atoms with Crippen LogP contribution < -0.4 is 0 Å². The topological polar surface area (TPSA) is 0 Å². The quantitative estimate of drug-likeness (QED) is 0.464. The predicted molar refractivity (Wildman–Crippen MR) is 85.0 cm³/mol. The number of hydrogen-bond donors (Lipinski definition) is 0. The second-order valence-electron chi connectivity index (χ2n) is 5.89. The lowest BCUT2D eigenvalue weighted by atomic mass is 9.88. The maximum atomic E-state index is 6.87. The molecule has 0 aliphatic heterocycles. The molecule has 1 unspecified atom stereocenters. The van der Waals surface area contributed by atoms with E-state index in [4.69, 9.17) is 11.6 Å². The van der Waals surface area contributed by atoms with Crippen LogP contribution in [-0.4, -0.2) is 0 Å². The number of alkyl halides is 1. The summed E-state index contributed by atoms with van der Waals surface area (Å²) in [6.07, 6.45) is 10.3. The summed E-state index contributed by atoms with van der Waals surface area (Å²) in [6, 6.07) is 6.92. The van der Waals surface area contributed by atoms with E-state index in [0.29, 0.717) is 5.92 Å². The van der Waals surface area contributed by atoms with E-state index >= 15 is 0 Å². The van der Waals surface area contributed by atoms with Gasteiger partial charge in [0.25, 0.3) is 0 Å². The van der Waals surface area contributed by atoms with Crippen molar-refractivity contribution in [3.8, 4) is 0 Å². The van der Waals surface area contributed by atoms with Crippen molar-refractivity contribution in [2.24, 2.45) is 5.92 Å². The summed E-state index contributed by atoms with van der Waals surface area (Å²) < 4.78 is 0. The molecule has 0 nitrogen and oxygen atoms in total. The first-order valence-electron chi connectivity index (χ1n) is 8.02. The molecule has 1 atom stereocenters. The van der Waals surface area contributed by atoms with Crippen molar-refractivity contribution < 1.29 is 0 Å². The summed E-state index contributed by atoms with van der Waals surface area (Å²) in [5.41, 5.74) is 4.28. The molecule has 0 N–H and O–H groups in total. The first-order valence-corrected chi connectivity index (χ1v) is 8.45. The van der Waals surface area contributed by atoms with Gasteiger partial charge in [0.2, 0.25) is 0 Å². The molecule has 0 saturated heterocycles. The van der Waals surface area contributed by atoms with Crippen LogP contribution in [0.25, 0.3) is 0 Å². The number of hydrogen-bond acceptors (Lipinski definition) is 0. The number of halogens is 1. The summed E-state index contributed by atoms with van der Waals surface area (Å²) in [7, 11) is 0. The molecule has 106 valence electrons. The smallest absolute Gasteiger partial charge is 0.0616 e. The van der Waals surface area contributed by atoms with E-state index in [0.717, 1.165) is 12.8 Å². The fourth-order valence-corrected chi connectivity index (χ4v) is 3.76. The molecule has 1 aromatic rings. The van der Waals surface area contributed by atoms with Gasteiger partial charge in [0.1, 0.15) is 0 Å². The molecule has 0 spiro atoms.